The third kappa shape index (κ3) is 4.56. The number of amides is 1. The molecule has 1 aromatic rings. The molecule has 0 unspecified atom stereocenters. The van der Waals surface area contributed by atoms with Crippen molar-refractivity contribution >= 4 is 21.8 Å². The first-order chi connectivity index (χ1) is 9.97. The highest BCUT2D eigenvalue weighted by Gasteiger charge is 2.28. The first kappa shape index (κ1) is 16.5. The van der Waals surface area contributed by atoms with Gasteiger partial charge in [-0.15, -0.1) is 0 Å². The molecule has 0 bridgehead atoms. The molecule has 2 rings (SSSR count). The first-order valence-corrected chi connectivity index (χ1v) is 8.25. The number of hydrogen-bond acceptors (Lipinski definition) is 3. The zero-order valence-electron chi connectivity index (χ0n) is 13.1. The molecule has 0 atom stereocenters. The summed E-state index contributed by atoms with van der Waals surface area (Å²) in [6.07, 6.45) is 3.92. The van der Waals surface area contributed by atoms with Crippen molar-refractivity contribution in [2.75, 3.05) is 47.3 Å². The van der Waals surface area contributed by atoms with Gasteiger partial charge in [-0.2, -0.15) is 0 Å². The SMILES string of the molecule is CN(C)CCN(C(=O)c1cc(Br)c[nH]1)C1CCN(C)CC1. The summed E-state index contributed by atoms with van der Waals surface area (Å²) in [6, 6.07) is 2.20. The molecule has 0 spiro atoms. The summed E-state index contributed by atoms with van der Waals surface area (Å²) in [5.41, 5.74) is 0.666. The van der Waals surface area contributed by atoms with Gasteiger partial charge in [-0.25, -0.2) is 0 Å². The van der Waals surface area contributed by atoms with Crippen LogP contribution in [0.4, 0.5) is 0 Å². The number of H-pyrrole nitrogens is 1. The second-order valence-corrected chi connectivity index (χ2v) is 6.98. The number of rotatable bonds is 5. The van der Waals surface area contributed by atoms with Crippen LogP contribution in [-0.4, -0.2) is 79.0 Å². The number of nitrogens with zero attached hydrogens (tertiary/aromatic N) is 3. The van der Waals surface area contributed by atoms with E-state index in [4.69, 9.17) is 0 Å². The van der Waals surface area contributed by atoms with Crippen LogP contribution in [0.2, 0.25) is 0 Å². The molecule has 0 aromatic carbocycles. The van der Waals surface area contributed by atoms with Gasteiger partial charge in [0.05, 0.1) is 0 Å². The Morgan fingerprint density at radius 2 is 2.05 bits per heavy atom. The van der Waals surface area contributed by atoms with Crippen molar-refractivity contribution in [1.29, 1.82) is 0 Å². The maximum atomic E-state index is 12.8. The average molecular weight is 357 g/mol. The summed E-state index contributed by atoms with van der Waals surface area (Å²) >= 11 is 3.40. The average Bonchev–Trinajstić information content (AvgIpc) is 2.87. The molecule has 0 aliphatic carbocycles. The van der Waals surface area contributed by atoms with E-state index in [1.807, 2.05) is 31.3 Å². The number of aromatic amines is 1. The van der Waals surface area contributed by atoms with E-state index >= 15 is 0 Å². The Bertz CT molecular complexity index is 466. The molecule has 6 heteroatoms. The van der Waals surface area contributed by atoms with E-state index in [1.165, 1.54) is 0 Å². The number of likely N-dealkylation sites (N-methyl/N-ethyl adjacent to an activating group) is 1. The zero-order chi connectivity index (χ0) is 15.4. The first-order valence-electron chi connectivity index (χ1n) is 7.45. The highest BCUT2D eigenvalue weighted by molar-refractivity contribution is 9.10. The van der Waals surface area contributed by atoms with E-state index in [0.717, 1.165) is 43.5 Å². The molecule has 5 nitrogen and oxygen atoms in total. The molecule has 2 heterocycles. The fourth-order valence-corrected chi connectivity index (χ4v) is 3.05. The van der Waals surface area contributed by atoms with Gasteiger partial charge in [0.15, 0.2) is 0 Å². The Balaban J connectivity index is 2.09. The van der Waals surface area contributed by atoms with Crippen LogP contribution in [0.15, 0.2) is 16.7 Å². The molecule has 21 heavy (non-hydrogen) atoms. The standard InChI is InChI=1S/C15H25BrN4O/c1-18(2)8-9-20(13-4-6-19(3)7-5-13)15(21)14-10-12(16)11-17-14/h10-11,13,17H,4-9H2,1-3H3. The minimum Gasteiger partial charge on any atom is -0.356 e. The highest BCUT2D eigenvalue weighted by Crippen LogP contribution is 2.19. The Morgan fingerprint density at radius 3 is 2.57 bits per heavy atom. The van der Waals surface area contributed by atoms with Crippen LogP contribution < -0.4 is 0 Å². The lowest BCUT2D eigenvalue weighted by Gasteiger charge is -2.37. The molecule has 0 saturated carbocycles. The second-order valence-electron chi connectivity index (χ2n) is 6.07. The predicted molar refractivity (Wildman–Crippen MR) is 88.6 cm³/mol. The normalized spacial score (nSPS) is 17.4. The largest absolute Gasteiger partial charge is 0.356 e. The zero-order valence-corrected chi connectivity index (χ0v) is 14.7. The number of carbonyl (C=O) groups is 1. The quantitative estimate of drug-likeness (QED) is 0.875. The van der Waals surface area contributed by atoms with E-state index in [2.05, 4.69) is 37.8 Å². The number of carbonyl (C=O) groups excluding carboxylic acids is 1. The Morgan fingerprint density at radius 1 is 1.38 bits per heavy atom. The monoisotopic (exact) mass is 356 g/mol. The van der Waals surface area contributed by atoms with Crippen molar-refractivity contribution in [3.05, 3.63) is 22.4 Å². The predicted octanol–water partition coefficient (Wildman–Crippen LogP) is 1.88. The Labute approximate surface area is 135 Å². The summed E-state index contributed by atoms with van der Waals surface area (Å²) in [7, 11) is 6.23. The number of likely N-dealkylation sites (tertiary alicyclic amines) is 1. The van der Waals surface area contributed by atoms with Crippen LogP contribution >= 0.6 is 15.9 Å². The third-order valence-electron chi connectivity index (χ3n) is 4.06. The summed E-state index contributed by atoms with van der Waals surface area (Å²) in [6.45, 7) is 3.78. The topological polar surface area (TPSA) is 42.6 Å². The minimum atomic E-state index is 0.108. The number of nitrogens with one attached hydrogen (secondary N) is 1. The minimum absolute atomic E-state index is 0.108. The molecular formula is C15H25BrN4O. The van der Waals surface area contributed by atoms with Crippen molar-refractivity contribution in [3.63, 3.8) is 0 Å². The molecule has 0 radical (unpaired) electrons. The molecular weight excluding hydrogens is 332 g/mol. The lowest BCUT2D eigenvalue weighted by Crippen LogP contribution is -2.48. The Kier molecular flexibility index (Phi) is 5.84. The van der Waals surface area contributed by atoms with Gasteiger partial charge < -0.3 is 19.7 Å². The van der Waals surface area contributed by atoms with E-state index in [1.54, 1.807) is 0 Å². The number of hydrogen-bond donors (Lipinski definition) is 1. The number of piperidine rings is 1. The molecule has 1 aromatic heterocycles. The van der Waals surface area contributed by atoms with Gasteiger partial charge in [-0.3, -0.25) is 4.79 Å². The fourth-order valence-electron chi connectivity index (χ4n) is 2.71. The van der Waals surface area contributed by atoms with Gasteiger partial charge >= 0.3 is 0 Å². The second kappa shape index (κ2) is 7.42. The smallest absolute Gasteiger partial charge is 0.270 e. The van der Waals surface area contributed by atoms with E-state index in [0.29, 0.717) is 11.7 Å². The van der Waals surface area contributed by atoms with Crippen molar-refractivity contribution in [1.82, 2.24) is 19.7 Å². The van der Waals surface area contributed by atoms with Crippen LogP contribution in [0.3, 0.4) is 0 Å². The molecule has 1 saturated heterocycles. The van der Waals surface area contributed by atoms with Crippen LogP contribution in [0.5, 0.6) is 0 Å². The van der Waals surface area contributed by atoms with Crippen molar-refractivity contribution in [2.24, 2.45) is 0 Å². The molecule has 1 aliphatic heterocycles. The van der Waals surface area contributed by atoms with E-state index in [9.17, 15) is 4.79 Å². The van der Waals surface area contributed by atoms with Gasteiger partial charge in [-0.1, -0.05) is 0 Å². The fraction of sp³-hybridized carbons (Fsp3) is 0.667. The van der Waals surface area contributed by atoms with Gasteiger partial charge in [-0.05, 0) is 69.1 Å². The van der Waals surface area contributed by atoms with Gasteiger partial charge in [0.2, 0.25) is 0 Å². The lowest BCUT2D eigenvalue weighted by atomic mass is 10.0. The maximum Gasteiger partial charge on any atom is 0.270 e. The summed E-state index contributed by atoms with van der Waals surface area (Å²) in [5.74, 6) is 0.108. The number of aromatic nitrogens is 1. The van der Waals surface area contributed by atoms with Crippen LogP contribution in [0.1, 0.15) is 23.3 Å². The van der Waals surface area contributed by atoms with Gasteiger partial charge in [0.1, 0.15) is 5.69 Å². The summed E-state index contributed by atoms with van der Waals surface area (Å²) in [5, 5.41) is 0. The van der Waals surface area contributed by atoms with Crippen LogP contribution in [-0.2, 0) is 0 Å². The molecule has 118 valence electrons. The van der Waals surface area contributed by atoms with Gasteiger partial charge in [0, 0.05) is 29.8 Å². The third-order valence-corrected chi connectivity index (χ3v) is 4.51. The maximum absolute atomic E-state index is 12.8. The highest BCUT2D eigenvalue weighted by atomic mass is 79.9. The summed E-state index contributed by atoms with van der Waals surface area (Å²) in [4.78, 5) is 22.4. The molecule has 1 N–H and O–H groups in total. The molecule has 1 fully saturated rings. The van der Waals surface area contributed by atoms with Crippen LogP contribution in [0.25, 0.3) is 0 Å². The summed E-state index contributed by atoms with van der Waals surface area (Å²) < 4.78 is 0.918. The van der Waals surface area contributed by atoms with Gasteiger partial charge in [0.25, 0.3) is 5.91 Å². The van der Waals surface area contributed by atoms with Crippen molar-refractivity contribution < 1.29 is 4.79 Å². The van der Waals surface area contributed by atoms with E-state index < -0.39 is 0 Å². The molecule has 1 aliphatic rings. The molecule has 1 amide bonds. The van der Waals surface area contributed by atoms with Crippen molar-refractivity contribution in [3.8, 4) is 0 Å². The Hall–Kier alpha value is -0.850. The van der Waals surface area contributed by atoms with Crippen molar-refractivity contribution in [2.45, 2.75) is 18.9 Å². The van der Waals surface area contributed by atoms with Crippen LogP contribution in [0, 0.1) is 0 Å². The van der Waals surface area contributed by atoms with E-state index in [-0.39, 0.29) is 5.91 Å². The number of halogens is 1. The lowest BCUT2D eigenvalue weighted by molar-refractivity contribution is 0.0569.